The van der Waals surface area contributed by atoms with Crippen molar-refractivity contribution >= 4 is 11.8 Å². The Labute approximate surface area is 311 Å². The van der Waals surface area contributed by atoms with Crippen molar-refractivity contribution in [2.45, 2.75) is 103 Å². The molecule has 278 valence electrons. The van der Waals surface area contributed by atoms with Crippen LogP contribution in [0.25, 0.3) is 0 Å². The van der Waals surface area contributed by atoms with Crippen LogP contribution in [0, 0.1) is 0 Å². The highest BCUT2D eigenvalue weighted by Gasteiger charge is 2.06. The molecule has 4 aromatic carbocycles. The molecule has 4 N–H and O–H groups in total. The van der Waals surface area contributed by atoms with Crippen LogP contribution in [-0.2, 0) is 48.9 Å². The summed E-state index contributed by atoms with van der Waals surface area (Å²) in [4.78, 5) is 24.7. The molecule has 0 heterocycles. The molecule has 52 heavy (non-hydrogen) atoms. The minimum Gasteiger partial charge on any atom is -0.496 e. The lowest BCUT2D eigenvalue weighted by molar-refractivity contribution is -0.122. The largest absolute Gasteiger partial charge is 0.496 e. The van der Waals surface area contributed by atoms with Gasteiger partial charge in [0.25, 0.3) is 0 Å². The molecule has 0 radical (unpaired) electrons. The van der Waals surface area contributed by atoms with E-state index >= 15 is 0 Å². The molecule has 2 amide bonds. The number of ether oxygens (including phenoxy) is 2. The van der Waals surface area contributed by atoms with Gasteiger partial charge in [-0.3, -0.25) is 9.59 Å². The van der Waals surface area contributed by atoms with E-state index in [2.05, 4.69) is 81.9 Å². The van der Waals surface area contributed by atoms with Crippen molar-refractivity contribution in [3.8, 4) is 11.5 Å². The van der Waals surface area contributed by atoms with E-state index in [1.807, 2.05) is 36.4 Å². The second kappa shape index (κ2) is 23.7. The van der Waals surface area contributed by atoms with Gasteiger partial charge in [-0.05, 0) is 47.2 Å². The maximum atomic E-state index is 12.3. The molecule has 0 aliphatic rings. The first-order valence-electron chi connectivity index (χ1n) is 18.9. The number of rotatable bonds is 25. The fraction of sp³-hybridized carbons (Fsp3) is 0.409. The first-order chi connectivity index (χ1) is 25.5. The summed E-state index contributed by atoms with van der Waals surface area (Å²) in [6.07, 6.45) is 9.81. The molecule has 0 atom stereocenters. The fourth-order valence-corrected chi connectivity index (χ4v) is 6.14. The lowest BCUT2D eigenvalue weighted by Crippen LogP contribution is -2.22. The molecular weight excluding hydrogens is 649 g/mol. The molecule has 0 fully saturated rings. The van der Waals surface area contributed by atoms with Crippen LogP contribution < -0.4 is 30.7 Å². The Kier molecular flexibility index (Phi) is 18.3. The van der Waals surface area contributed by atoms with E-state index in [-0.39, 0.29) is 11.8 Å². The predicted octanol–water partition coefficient (Wildman–Crippen LogP) is 8.12. The SMILES string of the molecule is COc1ccccc1CNCc1ccc(CNC(=O)CCCCCCCCCCC(=O)NCc2ccc(CNCc3ccccc3OC)cc2)cc1. The number of hydrogen-bond donors (Lipinski definition) is 4. The molecule has 0 spiro atoms. The Hall–Kier alpha value is -4.66. The third-order valence-corrected chi connectivity index (χ3v) is 9.26. The quantitative estimate of drug-likeness (QED) is 0.0520. The van der Waals surface area contributed by atoms with Crippen molar-refractivity contribution in [3.05, 3.63) is 130 Å². The maximum absolute atomic E-state index is 12.3. The average molecular weight is 707 g/mol. The number of amides is 2. The van der Waals surface area contributed by atoms with Crippen LogP contribution in [0.2, 0.25) is 0 Å². The Balaban J connectivity index is 0.935. The molecular formula is C44H58N4O4. The zero-order valence-electron chi connectivity index (χ0n) is 31.2. The van der Waals surface area contributed by atoms with E-state index in [0.717, 1.165) is 98.5 Å². The number of para-hydroxylation sites is 2. The van der Waals surface area contributed by atoms with Gasteiger partial charge in [-0.25, -0.2) is 0 Å². The Morgan fingerprint density at radius 3 is 1.12 bits per heavy atom. The lowest BCUT2D eigenvalue weighted by atomic mass is 10.1. The summed E-state index contributed by atoms with van der Waals surface area (Å²) in [5.41, 5.74) is 6.90. The van der Waals surface area contributed by atoms with Crippen molar-refractivity contribution in [3.63, 3.8) is 0 Å². The highest BCUT2D eigenvalue weighted by atomic mass is 16.5. The lowest BCUT2D eigenvalue weighted by Gasteiger charge is -2.10. The topological polar surface area (TPSA) is 101 Å². The Morgan fingerprint density at radius 2 is 0.750 bits per heavy atom. The van der Waals surface area contributed by atoms with Gasteiger partial charge in [0.15, 0.2) is 0 Å². The number of carbonyl (C=O) groups is 2. The molecule has 8 nitrogen and oxygen atoms in total. The zero-order valence-corrected chi connectivity index (χ0v) is 31.2. The van der Waals surface area contributed by atoms with Crippen LogP contribution in [0.3, 0.4) is 0 Å². The highest BCUT2D eigenvalue weighted by Crippen LogP contribution is 2.18. The standard InChI is InChI=1S/C44H58N4O4/c1-51-41-17-13-11-15-39(41)33-45-29-35-21-25-37(26-22-35)31-47-43(49)19-9-7-5-3-4-6-8-10-20-44(50)48-32-38-27-23-36(24-28-38)30-46-34-40-16-12-14-18-42(40)52-2/h11-18,21-28,45-46H,3-10,19-20,29-34H2,1-2H3,(H,47,49)(H,48,50). The van der Waals surface area contributed by atoms with E-state index < -0.39 is 0 Å². The summed E-state index contributed by atoms with van der Waals surface area (Å²) in [7, 11) is 3.39. The van der Waals surface area contributed by atoms with E-state index in [9.17, 15) is 9.59 Å². The molecule has 0 aliphatic carbocycles. The van der Waals surface area contributed by atoms with Gasteiger partial charge in [-0.15, -0.1) is 0 Å². The molecule has 0 aromatic heterocycles. The zero-order chi connectivity index (χ0) is 36.6. The number of hydrogen-bond acceptors (Lipinski definition) is 6. The van der Waals surface area contributed by atoms with E-state index in [1.54, 1.807) is 14.2 Å². The molecule has 0 aliphatic heterocycles. The third kappa shape index (κ3) is 15.3. The minimum atomic E-state index is 0.117. The maximum Gasteiger partial charge on any atom is 0.220 e. The van der Waals surface area contributed by atoms with E-state index in [1.165, 1.54) is 24.0 Å². The molecule has 4 aromatic rings. The summed E-state index contributed by atoms with van der Waals surface area (Å²) in [5.74, 6) is 2.03. The second-order valence-electron chi connectivity index (χ2n) is 13.3. The average Bonchev–Trinajstić information content (AvgIpc) is 3.18. The van der Waals surface area contributed by atoms with Gasteiger partial charge >= 0.3 is 0 Å². The third-order valence-electron chi connectivity index (χ3n) is 9.26. The number of carbonyl (C=O) groups excluding carboxylic acids is 2. The van der Waals surface area contributed by atoms with Crippen LogP contribution in [-0.4, -0.2) is 26.0 Å². The van der Waals surface area contributed by atoms with Crippen LogP contribution in [0.1, 0.15) is 97.6 Å². The van der Waals surface area contributed by atoms with Gasteiger partial charge in [0.2, 0.25) is 11.8 Å². The summed E-state index contributed by atoms with van der Waals surface area (Å²) in [6.45, 7) is 4.14. The van der Waals surface area contributed by atoms with Crippen molar-refractivity contribution < 1.29 is 19.1 Å². The smallest absolute Gasteiger partial charge is 0.220 e. The molecule has 0 bridgehead atoms. The first kappa shape index (κ1) is 40.1. The second-order valence-corrected chi connectivity index (χ2v) is 13.3. The van der Waals surface area contributed by atoms with Crippen molar-refractivity contribution in [1.82, 2.24) is 21.3 Å². The molecule has 8 heteroatoms. The van der Waals surface area contributed by atoms with Crippen molar-refractivity contribution in [2.24, 2.45) is 0 Å². The Morgan fingerprint density at radius 1 is 0.423 bits per heavy atom. The summed E-state index contributed by atoms with van der Waals surface area (Å²) >= 11 is 0. The van der Waals surface area contributed by atoms with Crippen molar-refractivity contribution in [2.75, 3.05) is 14.2 Å². The summed E-state index contributed by atoms with van der Waals surface area (Å²) in [6, 6.07) is 32.8. The van der Waals surface area contributed by atoms with Crippen molar-refractivity contribution in [1.29, 1.82) is 0 Å². The minimum absolute atomic E-state index is 0.117. The number of unbranched alkanes of at least 4 members (excludes halogenated alkanes) is 7. The Bertz CT molecular complexity index is 1490. The van der Waals surface area contributed by atoms with Crippen LogP contribution >= 0.6 is 0 Å². The van der Waals surface area contributed by atoms with Gasteiger partial charge in [0, 0.05) is 63.2 Å². The van der Waals surface area contributed by atoms with Gasteiger partial charge in [0.1, 0.15) is 11.5 Å². The normalized spacial score (nSPS) is 10.9. The molecule has 0 saturated heterocycles. The molecule has 4 rings (SSSR count). The monoisotopic (exact) mass is 706 g/mol. The van der Waals surface area contributed by atoms with Gasteiger partial charge in [0.05, 0.1) is 14.2 Å². The highest BCUT2D eigenvalue weighted by molar-refractivity contribution is 5.76. The molecule has 0 unspecified atom stereocenters. The summed E-state index contributed by atoms with van der Waals surface area (Å²) in [5, 5.41) is 13.1. The van der Waals surface area contributed by atoms with Crippen LogP contribution in [0.15, 0.2) is 97.1 Å². The van der Waals surface area contributed by atoms with Gasteiger partial charge in [-0.1, -0.05) is 123 Å². The van der Waals surface area contributed by atoms with Gasteiger partial charge in [-0.2, -0.15) is 0 Å². The number of benzene rings is 4. The van der Waals surface area contributed by atoms with Gasteiger partial charge < -0.3 is 30.7 Å². The van der Waals surface area contributed by atoms with E-state index in [0.29, 0.717) is 25.9 Å². The number of methoxy groups -OCH3 is 2. The molecule has 0 saturated carbocycles. The fourth-order valence-electron chi connectivity index (χ4n) is 6.14. The van der Waals surface area contributed by atoms with Crippen LogP contribution in [0.5, 0.6) is 11.5 Å². The van der Waals surface area contributed by atoms with E-state index in [4.69, 9.17) is 9.47 Å². The first-order valence-corrected chi connectivity index (χ1v) is 18.9. The summed E-state index contributed by atoms with van der Waals surface area (Å²) < 4.78 is 10.8. The van der Waals surface area contributed by atoms with Crippen LogP contribution in [0.4, 0.5) is 0 Å². The number of nitrogens with one attached hydrogen (secondary N) is 4. The predicted molar refractivity (Wildman–Crippen MR) is 210 cm³/mol.